The van der Waals surface area contributed by atoms with Gasteiger partial charge in [0.1, 0.15) is 5.15 Å². The first-order valence-electron chi connectivity index (χ1n) is 6.09. The topological polar surface area (TPSA) is 42.0 Å². The second-order valence-electron chi connectivity index (χ2n) is 4.66. The van der Waals surface area contributed by atoms with Crippen LogP contribution in [0.4, 0.5) is 5.69 Å². The average molecular weight is 253 g/mol. The maximum atomic E-state index is 12.3. The summed E-state index contributed by atoms with van der Waals surface area (Å²) in [6, 6.07) is 3.47. The van der Waals surface area contributed by atoms with Crippen molar-refractivity contribution in [3.63, 3.8) is 0 Å². The third-order valence-electron chi connectivity index (χ3n) is 3.70. The maximum absolute atomic E-state index is 12.3. The van der Waals surface area contributed by atoms with E-state index in [1.54, 1.807) is 18.3 Å². The molecule has 1 saturated carbocycles. The van der Waals surface area contributed by atoms with E-state index < -0.39 is 0 Å². The van der Waals surface area contributed by atoms with Crippen molar-refractivity contribution in [2.75, 3.05) is 5.32 Å². The Morgan fingerprint density at radius 2 is 2.18 bits per heavy atom. The van der Waals surface area contributed by atoms with E-state index in [-0.39, 0.29) is 11.3 Å². The first kappa shape index (κ1) is 12.4. The van der Waals surface area contributed by atoms with Crippen LogP contribution in [0.15, 0.2) is 18.3 Å². The molecule has 0 aliphatic heterocycles. The van der Waals surface area contributed by atoms with E-state index in [1.807, 2.05) is 0 Å². The summed E-state index contributed by atoms with van der Waals surface area (Å²) in [6.07, 6.45) is 6.80. The molecule has 1 amide bonds. The number of carbonyl (C=O) groups excluding carboxylic acids is 1. The third kappa shape index (κ3) is 2.60. The molecular formula is C13H17ClN2O. The Bertz CT molecular complexity index is 396. The molecule has 0 spiro atoms. The van der Waals surface area contributed by atoms with Crippen LogP contribution >= 0.6 is 11.6 Å². The molecule has 0 saturated heterocycles. The van der Waals surface area contributed by atoms with Gasteiger partial charge in [-0.25, -0.2) is 4.98 Å². The molecule has 1 N–H and O–H groups in total. The second-order valence-corrected chi connectivity index (χ2v) is 5.05. The summed E-state index contributed by atoms with van der Waals surface area (Å²) in [6.45, 7) is 2.09. The number of anilines is 1. The van der Waals surface area contributed by atoms with Crippen LogP contribution in [0.2, 0.25) is 5.15 Å². The van der Waals surface area contributed by atoms with Gasteiger partial charge in [-0.1, -0.05) is 31.4 Å². The van der Waals surface area contributed by atoms with Crippen LogP contribution in [0, 0.1) is 5.41 Å². The molecule has 0 atom stereocenters. The van der Waals surface area contributed by atoms with Gasteiger partial charge in [0.2, 0.25) is 5.91 Å². The Morgan fingerprint density at radius 1 is 1.47 bits per heavy atom. The second kappa shape index (κ2) is 5.05. The van der Waals surface area contributed by atoms with E-state index in [0.29, 0.717) is 5.15 Å². The molecule has 0 aromatic carbocycles. The molecule has 0 bridgehead atoms. The predicted octanol–water partition coefficient (Wildman–Crippen LogP) is 3.64. The highest BCUT2D eigenvalue weighted by molar-refractivity contribution is 6.29. The first-order valence-corrected chi connectivity index (χ1v) is 6.47. The Labute approximate surface area is 107 Å². The summed E-state index contributed by atoms with van der Waals surface area (Å²) >= 11 is 5.71. The monoisotopic (exact) mass is 252 g/mol. The standard InChI is InChI=1S/C13H17ClN2O/c1-2-13(7-3-4-8-13)12(17)16-10-5-6-11(14)15-9-10/h5-6,9H,2-4,7-8H2,1H3,(H,16,17). The molecule has 17 heavy (non-hydrogen) atoms. The van der Waals surface area contributed by atoms with Crippen LogP contribution in [0.3, 0.4) is 0 Å². The van der Waals surface area contributed by atoms with E-state index in [2.05, 4.69) is 17.2 Å². The molecule has 0 radical (unpaired) electrons. The van der Waals surface area contributed by atoms with E-state index >= 15 is 0 Å². The van der Waals surface area contributed by atoms with Gasteiger partial charge in [0.15, 0.2) is 0 Å². The molecule has 2 rings (SSSR count). The lowest BCUT2D eigenvalue weighted by molar-refractivity contribution is -0.125. The predicted molar refractivity (Wildman–Crippen MR) is 69.1 cm³/mol. The Balaban J connectivity index is 2.08. The van der Waals surface area contributed by atoms with Crippen molar-refractivity contribution in [3.05, 3.63) is 23.5 Å². The normalized spacial score (nSPS) is 18.0. The van der Waals surface area contributed by atoms with Crippen molar-refractivity contribution in [3.8, 4) is 0 Å². The lowest BCUT2D eigenvalue weighted by atomic mass is 9.82. The van der Waals surface area contributed by atoms with Crippen molar-refractivity contribution in [2.45, 2.75) is 39.0 Å². The van der Waals surface area contributed by atoms with E-state index in [9.17, 15) is 4.79 Å². The number of rotatable bonds is 3. The average Bonchev–Trinajstić information content (AvgIpc) is 2.82. The molecule has 3 nitrogen and oxygen atoms in total. The lowest BCUT2D eigenvalue weighted by Crippen LogP contribution is -2.33. The number of hydrogen-bond acceptors (Lipinski definition) is 2. The van der Waals surface area contributed by atoms with Crippen LogP contribution in [0.5, 0.6) is 0 Å². The molecule has 92 valence electrons. The van der Waals surface area contributed by atoms with Gasteiger partial charge in [0, 0.05) is 5.41 Å². The van der Waals surface area contributed by atoms with Crippen LogP contribution in [-0.4, -0.2) is 10.9 Å². The molecule has 4 heteroatoms. The van der Waals surface area contributed by atoms with Crippen LogP contribution in [0.25, 0.3) is 0 Å². The smallest absolute Gasteiger partial charge is 0.230 e. The van der Waals surface area contributed by atoms with Gasteiger partial charge in [0.05, 0.1) is 11.9 Å². The molecule has 1 heterocycles. The quantitative estimate of drug-likeness (QED) is 0.835. The van der Waals surface area contributed by atoms with Gasteiger partial charge in [-0.05, 0) is 31.4 Å². The molecule has 1 aromatic heterocycles. The number of nitrogens with zero attached hydrogens (tertiary/aromatic N) is 1. The molecule has 0 unspecified atom stereocenters. The van der Waals surface area contributed by atoms with Crippen molar-refractivity contribution in [2.24, 2.45) is 5.41 Å². The Morgan fingerprint density at radius 3 is 2.71 bits per heavy atom. The van der Waals surface area contributed by atoms with Gasteiger partial charge in [-0.3, -0.25) is 4.79 Å². The summed E-state index contributed by atoms with van der Waals surface area (Å²) in [5, 5.41) is 3.38. The number of pyridine rings is 1. The lowest BCUT2D eigenvalue weighted by Gasteiger charge is -2.25. The van der Waals surface area contributed by atoms with Crippen molar-refractivity contribution >= 4 is 23.2 Å². The fourth-order valence-corrected chi connectivity index (χ4v) is 2.62. The zero-order valence-corrected chi connectivity index (χ0v) is 10.8. The molecule has 1 aliphatic rings. The highest BCUT2D eigenvalue weighted by atomic mass is 35.5. The fraction of sp³-hybridized carbons (Fsp3) is 0.538. The van der Waals surface area contributed by atoms with Crippen LogP contribution < -0.4 is 5.32 Å². The number of carbonyl (C=O) groups is 1. The minimum absolute atomic E-state index is 0.127. The number of nitrogens with one attached hydrogen (secondary N) is 1. The zero-order valence-electron chi connectivity index (χ0n) is 10.0. The molecule has 1 aliphatic carbocycles. The summed E-state index contributed by atoms with van der Waals surface area (Å²) in [5.74, 6) is 0.127. The SMILES string of the molecule is CCC1(C(=O)Nc2ccc(Cl)nc2)CCCC1. The van der Waals surface area contributed by atoms with Gasteiger partial charge < -0.3 is 5.32 Å². The first-order chi connectivity index (χ1) is 8.16. The van der Waals surface area contributed by atoms with Gasteiger partial charge in [-0.15, -0.1) is 0 Å². The maximum Gasteiger partial charge on any atom is 0.230 e. The minimum atomic E-state index is -0.167. The number of halogens is 1. The molecule has 1 fully saturated rings. The summed E-state index contributed by atoms with van der Waals surface area (Å²) in [7, 11) is 0. The number of aromatic nitrogens is 1. The summed E-state index contributed by atoms with van der Waals surface area (Å²) < 4.78 is 0. The highest BCUT2D eigenvalue weighted by Gasteiger charge is 2.39. The van der Waals surface area contributed by atoms with Crippen LogP contribution in [-0.2, 0) is 4.79 Å². The van der Waals surface area contributed by atoms with E-state index in [0.717, 1.165) is 37.8 Å². The molecular weight excluding hydrogens is 236 g/mol. The fourth-order valence-electron chi connectivity index (χ4n) is 2.51. The Hall–Kier alpha value is -1.09. The van der Waals surface area contributed by atoms with Gasteiger partial charge in [-0.2, -0.15) is 0 Å². The number of hydrogen-bond donors (Lipinski definition) is 1. The van der Waals surface area contributed by atoms with Gasteiger partial charge in [0.25, 0.3) is 0 Å². The van der Waals surface area contributed by atoms with Crippen LogP contribution in [0.1, 0.15) is 39.0 Å². The number of amides is 1. The largest absolute Gasteiger partial charge is 0.324 e. The van der Waals surface area contributed by atoms with Crippen molar-refractivity contribution in [1.82, 2.24) is 4.98 Å². The summed E-state index contributed by atoms with van der Waals surface area (Å²) in [5.41, 5.74) is 0.554. The third-order valence-corrected chi connectivity index (χ3v) is 3.93. The zero-order chi connectivity index (χ0) is 12.3. The van der Waals surface area contributed by atoms with E-state index in [4.69, 9.17) is 11.6 Å². The summed E-state index contributed by atoms with van der Waals surface area (Å²) in [4.78, 5) is 16.2. The highest BCUT2D eigenvalue weighted by Crippen LogP contribution is 2.41. The molecule has 1 aromatic rings. The van der Waals surface area contributed by atoms with Crippen molar-refractivity contribution in [1.29, 1.82) is 0 Å². The van der Waals surface area contributed by atoms with Crippen molar-refractivity contribution < 1.29 is 4.79 Å². The minimum Gasteiger partial charge on any atom is -0.324 e. The Kier molecular flexibility index (Phi) is 3.67. The van der Waals surface area contributed by atoms with Gasteiger partial charge >= 0.3 is 0 Å². The van der Waals surface area contributed by atoms with E-state index in [1.165, 1.54) is 0 Å².